The van der Waals surface area contributed by atoms with Crippen LogP contribution in [-0.4, -0.2) is 95.2 Å². The molecule has 174 valence electrons. The van der Waals surface area contributed by atoms with Gasteiger partial charge in [-0.05, 0) is 78.2 Å². The summed E-state index contributed by atoms with van der Waals surface area (Å²) in [6.07, 6.45) is 13.7. The third-order valence-corrected chi connectivity index (χ3v) is 7.93. The first-order chi connectivity index (χ1) is 15.1. The van der Waals surface area contributed by atoms with Gasteiger partial charge in [0, 0.05) is 37.6 Å². The van der Waals surface area contributed by atoms with Crippen molar-refractivity contribution in [2.45, 2.75) is 64.0 Å². The lowest BCUT2D eigenvalue weighted by Gasteiger charge is -2.49. The Kier molecular flexibility index (Phi) is 7.54. The second-order valence-electron chi connectivity index (χ2n) is 10.0. The van der Waals surface area contributed by atoms with Gasteiger partial charge >= 0.3 is 0 Å². The molecule has 0 amide bonds. The summed E-state index contributed by atoms with van der Waals surface area (Å²) < 4.78 is 2.28. The van der Waals surface area contributed by atoms with Crippen molar-refractivity contribution in [3.63, 3.8) is 0 Å². The molecule has 0 spiro atoms. The fraction of sp³-hybridized carbons (Fsp3) is 0.833. The lowest BCUT2D eigenvalue weighted by atomic mass is 9.84. The van der Waals surface area contributed by atoms with Crippen molar-refractivity contribution < 1.29 is 0 Å². The lowest BCUT2D eigenvalue weighted by molar-refractivity contribution is 0.0205. The molecule has 1 aromatic rings. The van der Waals surface area contributed by atoms with Crippen LogP contribution in [0.2, 0.25) is 0 Å². The molecule has 0 aliphatic carbocycles. The van der Waals surface area contributed by atoms with Crippen molar-refractivity contribution in [3.05, 3.63) is 18.7 Å². The molecule has 2 unspecified atom stereocenters. The topological polar surface area (TPSA) is 51.9 Å². The summed E-state index contributed by atoms with van der Waals surface area (Å²) in [7, 11) is 2.26. The number of imidazole rings is 1. The number of hydrogen-bond acceptors (Lipinski definition) is 4. The largest absolute Gasteiger partial charge is 0.357 e. The van der Waals surface area contributed by atoms with Crippen LogP contribution in [0.4, 0.5) is 0 Å². The highest BCUT2D eigenvalue weighted by atomic mass is 15.3. The van der Waals surface area contributed by atoms with Crippen LogP contribution in [0, 0.1) is 5.92 Å². The Hall–Kier alpha value is -1.60. The highest BCUT2D eigenvalue weighted by Crippen LogP contribution is 2.32. The summed E-state index contributed by atoms with van der Waals surface area (Å²) >= 11 is 0. The van der Waals surface area contributed by atoms with Gasteiger partial charge in [0.2, 0.25) is 0 Å². The minimum atomic E-state index is 0.237. The molecule has 0 aromatic carbocycles. The zero-order chi connectivity index (χ0) is 21.7. The number of nitrogens with zero attached hydrogens (tertiary/aromatic N) is 6. The maximum absolute atomic E-state index is 5.32. The molecule has 31 heavy (non-hydrogen) atoms. The molecule has 3 aliphatic rings. The average Bonchev–Trinajstić information content (AvgIpc) is 3.34. The highest BCUT2D eigenvalue weighted by Gasteiger charge is 2.40. The maximum atomic E-state index is 5.32. The van der Waals surface area contributed by atoms with E-state index in [9.17, 15) is 0 Å². The van der Waals surface area contributed by atoms with Gasteiger partial charge in [-0.15, -0.1) is 0 Å². The molecule has 4 heterocycles. The summed E-state index contributed by atoms with van der Waals surface area (Å²) in [5.41, 5.74) is 0.237. The van der Waals surface area contributed by atoms with E-state index < -0.39 is 0 Å². The Bertz CT molecular complexity index is 687. The smallest absolute Gasteiger partial charge is 0.194 e. The molecule has 3 fully saturated rings. The zero-order valence-corrected chi connectivity index (χ0v) is 20.0. The standard InChI is InChI=1S/C24H43N7/c1-4-26-23(29-14-8-21(2)22(18-29)30-17-11-25-20-30)27-19-24(9-15-28(3)16-10-24)31-12-6-5-7-13-31/h11,17,20-22H,4-10,12-16,18-19H2,1-3H3,(H,26,27). The number of aromatic nitrogens is 2. The summed E-state index contributed by atoms with van der Waals surface area (Å²) in [6, 6.07) is 0.458. The molecule has 0 saturated carbocycles. The molecule has 0 bridgehead atoms. The van der Waals surface area contributed by atoms with Crippen molar-refractivity contribution in [1.29, 1.82) is 0 Å². The zero-order valence-electron chi connectivity index (χ0n) is 20.0. The van der Waals surface area contributed by atoms with Gasteiger partial charge in [0.15, 0.2) is 5.96 Å². The fourth-order valence-electron chi connectivity index (χ4n) is 5.72. The molecule has 1 aromatic heterocycles. The highest BCUT2D eigenvalue weighted by molar-refractivity contribution is 5.80. The normalized spacial score (nSPS) is 28.6. The molecule has 7 heteroatoms. The molecular weight excluding hydrogens is 386 g/mol. The summed E-state index contributed by atoms with van der Waals surface area (Å²) in [4.78, 5) is 17.4. The first kappa shape index (κ1) is 22.6. The van der Waals surface area contributed by atoms with Crippen LogP contribution in [0.3, 0.4) is 0 Å². The van der Waals surface area contributed by atoms with Crippen molar-refractivity contribution in [2.24, 2.45) is 10.9 Å². The van der Waals surface area contributed by atoms with E-state index in [1.165, 1.54) is 64.7 Å². The second kappa shape index (κ2) is 10.3. The third-order valence-electron chi connectivity index (χ3n) is 7.93. The molecular formula is C24H43N7. The minimum Gasteiger partial charge on any atom is -0.357 e. The van der Waals surface area contributed by atoms with Gasteiger partial charge in [0.1, 0.15) is 0 Å². The van der Waals surface area contributed by atoms with Crippen molar-refractivity contribution in [2.75, 3.05) is 59.4 Å². The molecule has 2 atom stereocenters. The van der Waals surface area contributed by atoms with Gasteiger partial charge < -0.3 is 19.7 Å². The van der Waals surface area contributed by atoms with E-state index in [4.69, 9.17) is 4.99 Å². The predicted molar refractivity (Wildman–Crippen MR) is 127 cm³/mol. The van der Waals surface area contributed by atoms with Gasteiger partial charge in [-0.25, -0.2) is 4.98 Å². The second-order valence-corrected chi connectivity index (χ2v) is 10.0. The van der Waals surface area contributed by atoms with Gasteiger partial charge in [0.25, 0.3) is 0 Å². The summed E-state index contributed by atoms with van der Waals surface area (Å²) in [5.74, 6) is 1.76. The van der Waals surface area contributed by atoms with E-state index in [0.29, 0.717) is 12.0 Å². The molecule has 3 saturated heterocycles. The molecule has 0 radical (unpaired) electrons. The van der Waals surface area contributed by atoms with Crippen LogP contribution in [0.15, 0.2) is 23.7 Å². The van der Waals surface area contributed by atoms with Crippen LogP contribution in [0.25, 0.3) is 0 Å². The van der Waals surface area contributed by atoms with E-state index in [-0.39, 0.29) is 5.54 Å². The van der Waals surface area contributed by atoms with Crippen LogP contribution in [0.1, 0.15) is 58.4 Å². The van der Waals surface area contributed by atoms with Crippen LogP contribution in [0.5, 0.6) is 0 Å². The van der Waals surface area contributed by atoms with Gasteiger partial charge in [-0.3, -0.25) is 9.89 Å². The summed E-state index contributed by atoms with van der Waals surface area (Å²) in [6.45, 7) is 13.4. The van der Waals surface area contributed by atoms with E-state index in [2.05, 4.69) is 56.7 Å². The van der Waals surface area contributed by atoms with Crippen molar-refractivity contribution in [3.8, 4) is 0 Å². The van der Waals surface area contributed by atoms with Crippen molar-refractivity contribution >= 4 is 5.96 Å². The predicted octanol–water partition coefficient (Wildman–Crippen LogP) is 2.68. The van der Waals surface area contributed by atoms with Crippen molar-refractivity contribution in [1.82, 2.24) is 29.6 Å². The number of likely N-dealkylation sites (tertiary alicyclic amines) is 3. The number of rotatable bonds is 5. The maximum Gasteiger partial charge on any atom is 0.194 e. The number of aliphatic imine (C=N–C) groups is 1. The van der Waals surface area contributed by atoms with Gasteiger partial charge in [-0.1, -0.05) is 13.3 Å². The Morgan fingerprint density at radius 2 is 1.90 bits per heavy atom. The van der Waals surface area contributed by atoms with E-state index in [0.717, 1.165) is 32.1 Å². The Morgan fingerprint density at radius 3 is 2.58 bits per heavy atom. The molecule has 7 nitrogen and oxygen atoms in total. The van der Waals surface area contributed by atoms with Gasteiger partial charge in [-0.2, -0.15) is 0 Å². The van der Waals surface area contributed by atoms with E-state index in [1.54, 1.807) is 0 Å². The fourth-order valence-corrected chi connectivity index (χ4v) is 5.72. The average molecular weight is 430 g/mol. The quantitative estimate of drug-likeness (QED) is 0.576. The number of guanidine groups is 1. The lowest BCUT2D eigenvalue weighted by Crippen LogP contribution is -2.58. The number of nitrogens with one attached hydrogen (secondary N) is 1. The first-order valence-corrected chi connectivity index (χ1v) is 12.6. The first-order valence-electron chi connectivity index (χ1n) is 12.6. The van der Waals surface area contributed by atoms with Gasteiger partial charge in [0.05, 0.1) is 18.9 Å². The van der Waals surface area contributed by atoms with Crippen LogP contribution in [-0.2, 0) is 0 Å². The third kappa shape index (κ3) is 5.25. The van der Waals surface area contributed by atoms with Crippen LogP contribution < -0.4 is 5.32 Å². The van der Waals surface area contributed by atoms with E-state index >= 15 is 0 Å². The Labute approximate surface area is 188 Å². The molecule has 4 rings (SSSR count). The monoisotopic (exact) mass is 429 g/mol. The Morgan fingerprint density at radius 1 is 1.13 bits per heavy atom. The molecule has 1 N–H and O–H groups in total. The summed E-state index contributed by atoms with van der Waals surface area (Å²) in [5, 5.41) is 3.62. The van der Waals surface area contributed by atoms with E-state index in [1.807, 2.05) is 12.5 Å². The Balaban J connectivity index is 1.51. The minimum absolute atomic E-state index is 0.237. The molecule has 3 aliphatic heterocycles. The van der Waals surface area contributed by atoms with Crippen LogP contribution >= 0.6 is 0 Å². The number of hydrogen-bond donors (Lipinski definition) is 1. The SMILES string of the molecule is CCNC(=NCC1(N2CCCCC2)CCN(C)CC1)N1CCC(C)C(n2ccnc2)C1. The number of piperidine rings is 3.